The molecule has 36 heavy (non-hydrogen) atoms. The van der Waals surface area contributed by atoms with E-state index in [0.717, 1.165) is 56.7 Å². The lowest BCUT2D eigenvalue weighted by molar-refractivity contribution is -0.139. The highest BCUT2D eigenvalue weighted by molar-refractivity contribution is 7.87. The quantitative estimate of drug-likeness (QED) is 0.364. The summed E-state index contributed by atoms with van der Waals surface area (Å²) < 4.78 is 75.4. The molecule has 1 amide bonds. The molecule has 0 spiro atoms. The molecule has 2 aromatic carbocycles. The monoisotopic (exact) mass is 527 g/mol. The number of methoxy groups -OCH3 is 1. The lowest BCUT2D eigenvalue weighted by atomic mass is 9.87. The van der Waals surface area contributed by atoms with Crippen LogP contribution in [-0.2, 0) is 27.6 Å². The predicted molar refractivity (Wildman–Crippen MR) is 129 cm³/mol. The largest absolute Gasteiger partial charge is 0.493 e. The van der Waals surface area contributed by atoms with Gasteiger partial charge in [0, 0.05) is 18.5 Å². The Morgan fingerprint density at radius 3 is 2.39 bits per heavy atom. The van der Waals surface area contributed by atoms with Crippen molar-refractivity contribution in [3.05, 3.63) is 53.6 Å². The number of ether oxygens (including phenoxy) is 1. The van der Waals surface area contributed by atoms with Gasteiger partial charge in [-0.25, -0.2) is 0 Å². The maximum Gasteiger partial charge on any atom is 0.416 e. The molecule has 0 N–H and O–H groups in total. The van der Waals surface area contributed by atoms with E-state index in [1.807, 2.05) is 18.7 Å². The molecule has 1 saturated carbocycles. The summed E-state index contributed by atoms with van der Waals surface area (Å²) in [6.45, 7) is 4.21. The summed E-state index contributed by atoms with van der Waals surface area (Å²) >= 11 is 0. The number of halogens is 3. The molecule has 0 aliphatic heterocycles. The van der Waals surface area contributed by atoms with Crippen LogP contribution in [0.25, 0.3) is 0 Å². The average molecular weight is 528 g/mol. The van der Waals surface area contributed by atoms with Gasteiger partial charge in [0.2, 0.25) is 5.91 Å². The van der Waals surface area contributed by atoms with Crippen molar-refractivity contribution in [1.82, 2.24) is 4.90 Å². The Morgan fingerprint density at radius 1 is 1.08 bits per heavy atom. The molecule has 2 aromatic rings. The van der Waals surface area contributed by atoms with Gasteiger partial charge in [0.15, 0.2) is 11.5 Å². The fourth-order valence-corrected chi connectivity index (χ4v) is 5.31. The highest BCUT2D eigenvalue weighted by Gasteiger charge is 2.32. The summed E-state index contributed by atoms with van der Waals surface area (Å²) in [5.74, 6) is -0.00782. The van der Waals surface area contributed by atoms with E-state index in [1.54, 1.807) is 6.07 Å². The van der Waals surface area contributed by atoms with Crippen molar-refractivity contribution < 1.29 is 35.3 Å². The number of hydrogen-bond donors (Lipinski definition) is 0. The van der Waals surface area contributed by atoms with Gasteiger partial charge >= 0.3 is 16.3 Å². The first kappa shape index (κ1) is 27.8. The summed E-state index contributed by atoms with van der Waals surface area (Å²) in [6, 6.07) is 8.01. The van der Waals surface area contributed by atoms with E-state index in [-0.39, 0.29) is 35.9 Å². The Kier molecular flexibility index (Phi) is 8.92. The molecule has 1 aliphatic rings. The van der Waals surface area contributed by atoms with Crippen LogP contribution in [0.15, 0.2) is 47.4 Å². The van der Waals surface area contributed by atoms with Crippen LogP contribution < -0.4 is 8.92 Å². The van der Waals surface area contributed by atoms with Crippen LogP contribution in [-0.4, -0.2) is 32.4 Å². The van der Waals surface area contributed by atoms with E-state index in [2.05, 4.69) is 0 Å². The first-order chi connectivity index (χ1) is 17.0. The van der Waals surface area contributed by atoms with Crippen LogP contribution in [0.4, 0.5) is 13.2 Å². The molecule has 1 aliphatic carbocycles. The van der Waals surface area contributed by atoms with Crippen molar-refractivity contribution in [2.75, 3.05) is 7.11 Å². The second-order valence-corrected chi connectivity index (χ2v) is 10.7. The molecule has 198 valence electrons. The molecule has 0 radical (unpaired) electrons. The van der Waals surface area contributed by atoms with Gasteiger partial charge in [-0.05, 0) is 62.1 Å². The third kappa shape index (κ3) is 6.72. The lowest BCUT2D eigenvalue weighted by Crippen LogP contribution is -2.42. The smallest absolute Gasteiger partial charge is 0.416 e. The van der Waals surface area contributed by atoms with Gasteiger partial charge in [-0.1, -0.05) is 38.3 Å². The standard InChI is InChI=1S/C26H32F3NO5S/c1-4-18(2)30(25(31)20-9-6-5-7-10-20)17-19-13-14-23(34-3)24(15-19)35-36(32,33)22-12-8-11-21(16-22)26(27,28)29/h8,11-16,18,20H,4-7,9-10,17H2,1-3H3. The molecule has 0 bridgehead atoms. The third-order valence-electron chi connectivity index (χ3n) is 6.59. The van der Waals surface area contributed by atoms with Crippen molar-refractivity contribution in [3.8, 4) is 11.5 Å². The lowest BCUT2D eigenvalue weighted by Gasteiger charge is -2.33. The van der Waals surface area contributed by atoms with Crippen LogP contribution in [0.3, 0.4) is 0 Å². The molecule has 10 heteroatoms. The first-order valence-corrected chi connectivity index (χ1v) is 13.5. The molecule has 1 atom stereocenters. The Morgan fingerprint density at radius 2 is 1.78 bits per heavy atom. The predicted octanol–water partition coefficient (Wildman–Crippen LogP) is 6.19. The van der Waals surface area contributed by atoms with Crippen LogP contribution in [0.2, 0.25) is 0 Å². The van der Waals surface area contributed by atoms with Gasteiger partial charge in [0.25, 0.3) is 0 Å². The minimum atomic E-state index is -4.70. The van der Waals surface area contributed by atoms with Gasteiger partial charge < -0.3 is 13.8 Å². The summed E-state index contributed by atoms with van der Waals surface area (Å²) in [5.41, 5.74) is -0.479. The zero-order valence-electron chi connectivity index (χ0n) is 20.7. The number of rotatable bonds is 9. The Bertz CT molecular complexity index is 1160. The van der Waals surface area contributed by atoms with E-state index in [4.69, 9.17) is 8.92 Å². The van der Waals surface area contributed by atoms with Crippen molar-refractivity contribution in [2.24, 2.45) is 5.92 Å². The SMILES string of the molecule is CCC(C)N(Cc1ccc(OC)c(OS(=O)(=O)c2cccc(C(F)(F)F)c2)c1)C(=O)C1CCCCC1. The van der Waals surface area contributed by atoms with E-state index in [1.165, 1.54) is 19.2 Å². The zero-order valence-corrected chi connectivity index (χ0v) is 21.5. The van der Waals surface area contributed by atoms with Gasteiger partial charge in [-0.3, -0.25) is 4.79 Å². The number of hydrogen-bond acceptors (Lipinski definition) is 5. The normalized spacial score (nSPS) is 15.8. The highest BCUT2D eigenvalue weighted by atomic mass is 32.2. The van der Waals surface area contributed by atoms with E-state index >= 15 is 0 Å². The van der Waals surface area contributed by atoms with Crippen LogP contribution in [0.5, 0.6) is 11.5 Å². The Labute approximate surface area is 210 Å². The molecule has 0 heterocycles. The van der Waals surface area contributed by atoms with Crippen LogP contribution in [0.1, 0.15) is 63.5 Å². The molecular weight excluding hydrogens is 495 g/mol. The van der Waals surface area contributed by atoms with Crippen molar-refractivity contribution in [2.45, 2.75) is 76.0 Å². The summed E-state index contributed by atoms with van der Waals surface area (Å²) in [5, 5.41) is 0. The Balaban J connectivity index is 1.89. The fourth-order valence-electron chi connectivity index (χ4n) is 4.33. The van der Waals surface area contributed by atoms with E-state index < -0.39 is 26.8 Å². The van der Waals surface area contributed by atoms with Gasteiger partial charge in [-0.2, -0.15) is 21.6 Å². The number of carbonyl (C=O) groups excluding carboxylic acids is 1. The molecule has 3 rings (SSSR count). The van der Waals surface area contributed by atoms with Crippen molar-refractivity contribution >= 4 is 16.0 Å². The first-order valence-electron chi connectivity index (χ1n) is 12.1. The maximum absolute atomic E-state index is 13.3. The minimum absolute atomic E-state index is 0.0250. The van der Waals surface area contributed by atoms with Gasteiger partial charge in [-0.15, -0.1) is 0 Å². The molecule has 0 aromatic heterocycles. The number of carbonyl (C=O) groups is 1. The summed E-state index contributed by atoms with van der Waals surface area (Å²) in [6.07, 6.45) is 0.954. The zero-order chi connectivity index (χ0) is 26.5. The number of amides is 1. The number of benzene rings is 2. The average Bonchev–Trinajstić information content (AvgIpc) is 2.86. The van der Waals surface area contributed by atoms with Crippen LogP contribution in [0, 0.1) is 5.92 Å². The topological polar surface area (TPSA) is 72.9 Å². The van der Waals surface area contributed by atoms with Crippen molar-refractivity contribution in [1.29, 1.82) is 0 Å². The van der Waals surface area contributed by atoms with E-state index in [0.29, 0.717) is 11.6 Å². The second kappa shape index (κ2) is 11.5. The van der Waals surface area contributed by atoms with Crippen molar-refractivity contribution in [3.63, 3.8) is 0 Å². The fraction of sp³-hybridized carbons (Fsp3) is 0.500. The highest BCUT2D eigenvalue weighted by Crippen LogP contribution is 2.34. The number of nitrogens with zero attached hydrogens (tertiary/aromatic N) is 1. The summed E-state index contributed by atoms with van der Waals surface area (Å²) in [7, 11) is -3.26. The second-order valence-electron chi connectivity index (χ2n) is 9.11. The molecule has 0 saturated heterocycles. The molecule has 6 nitrogen and oxygen atoms in total. The summed E-state index contributed by atoms with van der Waals surface area (Å²) in [4.78, 5) is 14.5. The van der Waals surface area contributed by atoms with Crippen LogP contribution >= 0.6 is 0 Å². The molecular formula is C26H32F3NO5S. The maximum atomic E-state index is 13.3. The Hall–Kier alpha value is -2.75. The number of alkyl halides is 3. The van der Waals surface area contributed by atoms with E-state index in [9.17, 15) is 26.4 Å². The van der Waals surface area contributed by atoms with Gasteiger partial charge in [0.1, 0.15) is 4.90 Å². The minimum Gasteiger partial charge on any atom is -0.493 e. The van der Waals surface area contributed by atoms with Gasteiger partial charge in [0.05, 0.1) is 12.7 Å². The third-order valence-corrected chi connectivity index (χ3v) is 7.82. The molecule has 1 fully saturated rings. The molecule has 1 unspecified atom stereocenters.